The van der Waals surface area contributed by atoms with Crippen LogP contribution < -0.4 is 4.72 Å². The average molecular weight is 362 g/mol. The van der Waals surface area contributed by atoms with Crippen molar-refractivity contribution in [3.8, 4) is 0 Å². The maximum absolute atomic E-state index is 12.9. The van der Waals surface area contributed by atoms with E-state index in [0.717, 1.165) is 0 Å². The number of hydrogen-bond acceptors (Lipinski definition) is 2. The summed E-state index contributed by atoms with van der Waals surface area (Å²) in [6, 6.07) is 9.96. The van der Waals surface area contributed by atoms with Gasteiger partial charge in [0.2, 0.25) is 10.0 Å². The molecular formula is C15H14Cl2FNO2S. The van der Waals surface area contributed by atoms with Crippen molar-refractivity contribution in [1.29, 1.82) is 0 Å². The zero-order valence-electron chi connectivity index (χ0n) is 11.7. The van der Waals surface area contributed by atoms with Gasteiger partial charge in [-0.3, -0.25) is 0 Å². The molecule has 7 heteroatoms. The molecule has 118 valence electrons. The summed E-state index contributed by atoms with van der Waals surface area (Å²) >= 11 is 12.0. The van der Waals surface area contributed by atoms with Gasteiger partial charge in [-0.05, 0) is 36.8 Å². The Morgan fingerprint density at radius 2 is 1.64 bits per heavy atom. The molecule has 0 aliphatic heterocycles. The highest BCUT2D eigenvalue weighted by atomic mass is 35.5. The third-order valence-corrected chi connectivity index (χ3v) is 5.21. The lowest BCUT2D eigenvalue weighted by molar-refractivity contribution is 0.565. The van der Waals surface area contributed by atoms with E-state index in [1.54, 1.807) is 25.1 Å². The summed E-state index contributed by atoms with van der Waals surface area (Å²) in [6.45, 7) is 1.68. The van der Waals surface area contributed by atoms with Gasteiger partial charge in [0, 0.05) is 21.7 Å². The number of sulfonamides is 1. The highest BCUT2D eigenvalue weighted by Crippen LogP contribution is 2.26. The Bertz CT molecular complexity index is 743. The fraction of sp³-hybridized carbons (Fsp3) is 0.200. The predicted octanol–water partition coefficient (Wildman–Crippen LogP) is 4.31. The van der Waals surface area contributed by atoms with E-state index in [1.165, 1.54) is 24.3 Å². The van der Waals surface area contributed by atoms with Crippen LogP contribution in [-0.4, -0.2) is 8.42 Å². The molecule has 0 aliphatic rings. The Balaban J connectivity index is 2.16. The van der Waals surface area contributed by atoms with E-state index in [2.05, 4.69) is 4.72 Å². The molecule has 0 saturated carbocycles. The quantitative estimate of drug-likeness (QED) is 0.861. The molecule has 0 spiro atoms. The monoisotopic (exact) mass is 361 g/mol. The summed E-state index contributed by atoms with van der Waals surface area (Å²) < 4.78 is 39.9. The minimum Gasteiger partial charge on any atom is -0.212 e. The second-order valence-corrected chi connectivity index (χ2v) is 7.42. The number of rotatable bonds is 5. The molecule has 1 N–H and O–H groups in total. The average Bonchev–Trinajstić information content (AvgIpc) is 2.43. The SMILES string of the molecule is CC(NS(=O)(=O)Cc1c(Cl)cccc1Cl)c1ccc(F)cc1. The molecule has 0 amide bonds. The van der Waals surface area contributed by atoms with Crippen molar-refractivity contribution in [2.24, 2.45) is 0 Å². The van der Waals surface area contributed by atoms with Crippen molar-refractivity contribution < 1.29 is 12.8 Å². The summed E-state index contributed by atoms with van der Waals surface area (Å²) in [5, 5.41) is 0.597. The first-order chi connectivity index (χ1) is 10.3. The van der Waals surface area contributed by atoms with Crippen molar-refractivity contribution in [1.82, 2.24) is 4.72 Å². The molecule has 0 bridgehead atoms. The first kappa shape index (κ1) is 17.2. The summed E-state index contributed by atoms with van der Waals surface area (Å²) in [5.74, 6) is -0.696. The molecule has 2 aromatic carbocycles. The fourth-order valence-electron chi connectivity index (χ4n) is 1.99. The molecular weight excluding hydrogens is 348 g/mol. The molecule has 0 aliphatic carbocycles. The maximum Gasteiger partial charge on any atom is 0.216 e. The van der Waals surface area contributed by atoms with Gasteiger partial charge >= 0.3 is 0 Å². The van der Waals surface area contributed by atoms with Gasteiger partial charge in [-0.15, -0.1) is 0 Å². The fourth-order valence-corrected chi connectivity index (χ4v) is 4.13. The van der Waals surface area contributed by atoms with Crippen LogP contribution in [-0.2, 0) is 15.8 Å². The van der Waals surface area contributed by atoms with E-state index < -0.39 is 16.1 Å². The molecule has 1 unspecified atom stereocenters. The normalized spacial score (nSPS) is 13.1. The van der Waals surface area contributed by atoms with E-state index in [0.29, 0.717) is 21.2 Å². The van der Waals surface area contributed by atoms with Crippen LogP contribution in [0.4, 0.5) is 4.39 Å². The van der Waals surface area contributed by atoms with E-state index >= 15 is 0 Å². The third kappa shape index (κ3) is 4.43. The van der Waals surface area contributed by atoms with Crippen LogP contribution in [0.5, 0.6) is 0 Å². The van der Waals surface area contributed by atoms with Crippen molar-refractivity contribution in [3.63, 3.8) is 0 Å². The lowest BCUT2D eigenvalue weighted by atomic mass is 10.1. The highest BCUT2D eigenvalue weighted by molar-refractivity contribution is 7.88. The molecule has 0 fully saturated rings. The predicted molar refractivity (Wildman–Crippen MR) is 87.0 cm³/mol. The lowest BCUT2D eigenvalue weighted by Crippen LogP contribution is -2.28. The van der Waals surface area contributed by atoms with Crippen molar-refractivity contribution in [2.75, 3.05) is 0 Å². The lowest BCUT2D eigenvalue weighted by Gasteiger charge is -2.15. The van der Waals surface area contributed by atoms with E-state index in [-0.39, 0.29) is 11.6 Å². The molecule has 0 heterocycles. The van der Waals surface area contributed by atoms with Gasteiger partial charge in [-0.1, -0.05) is 41.4 Å². The van der Waals surface area contributed by atoms with Gasteiger partial charge in [-0.25, -0.2) is 17.5 Å². The van der Waals surface area contributed by atoms with E-state index in [1.807, 2.05) is 0 Å². The number of benzene rings is 2. The summed E-state index contributed by atoms with van der Waals surface area (Å²) in [4.78, 5) is 0. The van der Waals surface area contributed by atoms with Crippen molar-refractivity contribution >= 4 is 33.2 Å². The van der Waals surface area contributed by atoms with Crippen LogP contribution in [0.3, 0.4) is 0 Å². The molecule has 1 atom stereocenters. The minimum atomic E-state index is -3.65. The van der Waals surface area contributed by atoms with Gasteiger partial charge in [0.05, 0.1) is 5.75 Å². The summed E-state index contributed by atoms with van der Waals surface area (Å²) in [5.41, 5.74) is 1.01. The van der Waals surface area contributed by atoms with Crippen LogP contribution >= 0.6 is 23.2 Å². The Morgan fingerprint density at radius 3 is 2.18 bits per heavy atom. The molecule has 22 heavy (non-hydrogen) atoms. The van der Waals surface area contributed by atoms with Crippen LogP contribution in [0.2, 0.25) is 10.0 Å². The Kier molecular flexibility index (Phi) is 5.45. The molecule has 3 nitrogen and oxygen atoms in total. The van der Waals surface area contributed by atoms with Gasteiger partial charge in [0.25, 0.3) is 0 Å². The highest BCUT2D eigenvalue weighted by Gasteiger charge is 2.19. The molecule has 0 aromatic heterocycles. The molecule has 0 radical (unpaired) electrons. The van der Waals surface area contributed by atoms with Gasteiger partial charge in [0.15, 0.2) is 0 Å². The van der Waals surface area contributed by atoms with Gasteiger partial charge in [0.1, 0.15) is 5.82 Å². The Labute approximate surface area is 139 Å². The largest absolute Gasteiger partial charge is 0.216 e. The zero-order chi connectivity index (χ0) is 16.3. The zero-order valence-corrected chi connectivity index (χ0v) is 14.0. The number of halogens is 3. The summed E-state index contributed by atoms with van der Waals surface area (Å²) in [7, 11) is -3.65. The number of hydrogen-bond donors (Lipinski definition) is 1. The topological polar surface area (TPSA) is 46.2 Å². The van der Waals surface area contributed by atoms with Crippen LogP contribution in [0.15, 0.2) is 42.5 Å². The second kappa shape index (κ2) is 6.96. The Hall–Kier alpha value is -1.14. The van der Waals surface area contributed by atoms with Crippen LogP contribution in [0.25, 0.3) is 0 Å². The molecule has 0 saturated heterocycles. The first-order valence-corrected chi connectivity index (χ1v) is 8.87. The molecule has 2 rings (SSSR count). The Morgan fingerprint density at radius 1 is 1.09 bits per heavy atom. The van der Waals surface area contributed by atoms with E-state index in [9.17, 15) is 12.8 Å². The van der Waals surface area contributed by atoms with Gasteiger partial charge in [-0.2, -0.15) is 0 Å². The summed E-state index contributed by atoms with van der Waals surface area (Å²) in [6.07, 6.45) is 0. The second-order valence-electron chi connectivity index (χ2n) is 4.85. The maximum atomic E-state index is 12.9. The van der Waals surface area contributed by atoms with Crippen LogP contribution in [0.1, 0.15) is 24.1 Å². The third-order valence-electron chi connectivity index (χ3n) is 3.12. The van der Waals surface area contributed by atoms with Crippen LogP contribution in [0, 0.1) is 5.82 Å². The van der Waals surface area contributed by atoms with Gasteiger partial charge < -0.3 is 0 Å². The minimum absolute atomic E-state index is 0.298. The standard InChI is InChI=1S/C15H14Cl2FNO2S/c1-10(11-5-7-12(18)8-6-11)19-22(20,21)9-13-14(16)3-2-4-15(13)17/h2-8,10,19H,9H2,1H3. The van der Waals surface area contributed by atoms with Crippen molar-refractivity contribution in [3.05, 3.63) is 69.5 Å². The first-order valence-electron chi connectivity index (χ1n) is 6.47. The smallest absolute Gasteiger partial charge is 0.212 e. The molecule has 2 aromatic rings. The number of nitrogens with one attached hydrogen (secondary N) is 1. The van der Waals surface area contributed by atoms with Crippen molar-refractivity contribution in [2.45, 2.75) is 18.7 Å². The van der Waals surface area contributed by atoms with E-state index in [4.69, 9.17) is 23.2 Å².